The number of Topliss-reactive ketones (excluding diaryl/α,β-unsaturated/α-hetero) is 1. The van der Waals surface area contributed by atoms with Gasteiger partial charge in [0.1, 0.15) is 12.0 Å². The van der Waals surface area contributed by atoms with E-state index in [1.165, 1.54) is 13.2 Å². The van der Waals surface area contributed by atoms with Gasteiger partial charge in [-0.2, -0.15) is 0 Å². The van der Waals surface area contributed by atoms with E-state index in [9.17, 15) is 9.59 Å². The van der Waals surface area contributed by atoms with Gasteiger partial charge in [0, 0.05) is 16.7 Å². The van der Waals surface area contributed by atoms with Crippen LogP contribution in [0.5, 0.6) is 5.75 Å². The van der Waals surface area contributed by atoms with E-state index < -0.39 is 0 Å². The first-order valence-corrected chi connectivity index (χ1v) is 4.90. The average molecular weight is 227 g/mol. The zero-order chi connectivity index (χ0) is 11.4. The molecule has 0 aliphatic rings. The molecule has 0 aliphatic heterocycles. The highest BCUT2D eigenvalue weighted by molar-refractivity contribution is 6.30. The second kappa shape index (κ2) is 4.94. The van der Waals surface area contributed by atoms with Crippen LogP contribution in [0.2, 0.25) is 0 Å². The van der Waals surface area contributed by atoms with Crippen LogP contribution in [0, 0.1) is 6.92 Å². The highest BCUT2D eigenvalue weighted by atomic mass is 35.5. The number of carbonyl (C=O) groups excluding carboxylic acids is 2. The molecule has 0 spiro atoms. The van der Waals surface area contributed by atoms with E-state index in [4.69, 9.17) is 16.3 Å². The molecular formula is C11H11ClO3. The first kappa shape index (κ1) is 11.7. The largest absolute Gasteiger partial charge is 0.496 e. The molecule has 0 heterocycles. The Balaban J connectivity index is 3.32. The van der Waals surface area contributed by atoms with Crippen molar-refractivity contribution < 1.29 is 14.3 Å². The van der Waals surface area contributed by atoms with E-state index in [1.807, 2.05) is 0 Å². The summed E-state index contributed by atoms with van der Waals surface area (Å²) in [7, 11) is 1.49. The number of aldehydes is 1. The van der Waals surface area contributed by atoms with E-state index >= 15 is 0 Å². The second-order valence-electron chi connectivity index (χ2n) is 3.07. The molecule has 0 radical (unpaired) electrons. The molecule has 0 unspecified atom stereocenters. The number of ketones is 1. The summed E-state index contributed by atoms with van der Waals surface area (Å²) in [6.45, 7) is 1.76. The van der Waals surface area contributed by atoms with Gasteiger partial charge in [-0.05, 0) is 19.1 Å². The van der Waals surface area contributed by atoms with E-state index in [0.717, 1.165) is 5.56 Å². The average Bonchev–Trinajstić information content (AvgIpc) is 2.28. The fraction of sp³-hybridized carbons (Fsp3) is 0.273. The van der Waals surface area contributed by atoms with Gasteiger partial charge in [-0.15, -0.1) is 11.6 Å². The molecule has 4 heteroatoms. The number of hydrogen-bond acceptors (Lipinski definition) is 3. The minimum Gasteiger partial charge on any atom is -0.496 e. The first-order chi connectivity index (χ1) is 7.13. The predicted molar refractivity (Wildman–Crippen MR) is 58.2 cm³/mol. The fourth-order valence-electron chi connectivity index (χ4n) is 1.28. The van der Waals surface area contributed by atoms with Crippen LogP contribution < -0.4 is 4.74 Å². The third-order valence-electron chi connectivity index (χ3n) is 2.19. The van der Waals surface area contributed by atoms with Crippen molar-refractivity contribution in [1.29, 1.82) is 0 Å². The molecule has 1 aromatic carbocycles. The molecular weight excluding hydrogens is 216 g/mol. The standard InChI is InChI=1S/C11H11ClO3/c1-7-9(6-13)3-8(10(14)5-12)4-11(7)15-2/h3-4,6H,5H2,1-2H3. The Morgan fingerprint density at radius 2 is 2.20 bits per heavy atom. The van der Waals surface area contributed by atoms with Gasteiger partial charge in [-0.25, -0.2) is 0 Å². The monoisotopic (exact) mass is 226 g/mol. The third kappa shape index (κ3) is 2.36. The van der Waals surface area contributed by atoms with E-state index in [0.29, 0.717) is 23.2 Å². The maximum absolute atomic E-state index is 11.4. The zero-order valence-corrected chi connectivity index (χ0v) is 9.30. The summed E-state index contributed by atoms with van der Waals surface area (Å²) in [5, 5.41) is 0. The highest BCUT2D eigenvalue weighted by Crippen LogP contribution is 2.23. The number of hydrogen-bond donors (Lipinski definition) is 0. The van der Waals surface area contributed by atoms with Crippen LogP contribution in [0.3, 0.4) is 0 Å². The molecule has 0 saturated heterocycles. The molecule has 0 N–H and O–H groups in total. The fourth-order valence-corrected chi connectivity index (χ4v) is 1.44. The third-order valence-corrected chi connectivity index (χ3v) is 2.43. The second-order valence-corrected chi connectivity index (χ2v) is 3.33. The summed E-state index contributed by atoms with van der Waals surface area (Å²) >= 11 is 5.44. The van der Waals surface area contributed by atoms with Crippen LogP contribution in [0.25, 0.3) is 0 Å². The molecule has 0 bridgehead atoms. The van der Waals surface area contributed by atoms with E-state index in [-0.39, 0.29) is 11.7 Å². The SMILES string of the molecule is COc1cc(C(=O)CCl)cc(C=O)c1C. The van der Waals surface area contributed by atoms with Crippen LogP contribution in [0.4, 0.5) is 0 Å². The number of ether oxygens (including phenoxy) is 1. The number of benzene rings is 1. The minimum absolute atomic E-state index is 0.107. The number of carbonyl (C=O) groups is 2. The van der Waals surface area contributed by atoms with Crippen molar-refractivity contribution in [1.82, 2.24) is 0 Å². The number of methoxy groups -OCH3 is 1. The molecule has 1 rings (SSSR count). The number of rotatable bonds is 4. The van der Waals surface area contributed by atoms with Gasteiger partial charge >= 0.3 is 0 Å². The highest BCUT2D eigenvalue weighted by Gasteiger charge is 2.11. The van der Waals surface area contributed by atoms with Crippen molar-refractivity contribution >= 4 is 23.7 Å². The Morgan fingerprint density at radius 3 is 2.67 bits per heavy atom. The topological polar surface area (TPSA) is 43.4 Å². The van der Waals surface area contributed by atoms with Crippen LogP contribution in [0.1, 0.15) is 26.3 Å². The van der Waals surface area contributed by atoms with E-state index in [2.05, 4.69) is 0 Å². The summed E-state index contributed by atoms with van der Waals surface area (Å²) in [4.78, 5) is 22.1. The molecule has 1 aromatic rings. The first-order valence-electron chi connectivity index (χ1n) is 4.37. The molecule has 0 amide bonds. The molecule has 15 heavy (non-hydrogen) atoms. The Morgan fingerprint density at radius 1 is 1.53 bits per heavy atom. The van der Waals surface area contributed by atoms with Gasteiger partial charge in [-0.1, -0.05) is 0 Å². The van der Waals surface area contributed by atoms with E-state index in [1.54, 1.807) is 13.0 Å². The lowest BCUT2D eigenvalue weighted by Gasteiger charge is -2.08. The molecule has 0 atom stereocenters. The predicted octanol–water partition coefficient (Wildman–Crippen LogP) is 2.24. The summed E-state index contributed by atoms with van der Waals surface area (Å²) in [5.74, 6) is 0.191. The van der Waals surface area contributed by atoms with Gasteiger partial charge in [0.25, 0.3) is 0 Å². The van der Waals surface area contributed by atoms with Crippen molar-refractivity contribution in [3.8, 4) is 5.75 Å². The van der Waals surface area contributed by atoms with Crippen LogP contribution in [0.15, 0.2) is 12.1 Å². The van der Waals surface area contributed by atoms with Crippen molar-refractivity contribution in [2.45, 2.75) is 6.92 Å². The van der Waals surface area contributed by atoms with Crippen molar-refractivity contribution in [2.24, 2.45) is 0 Å². The van der Waals surface area contributed by atoms with Crippen LogP contribution in [-0.4, -0.2) is 25.1 Å². The normalized spacial score (nSPS) is 9.80. The Kier molecular flexibility index (Phi) is 3.86. The number of halogens is 1. The summed E-state index contributed by atoms with van der Waals surface area (Å²) in [6, 6.07) is 3.11. The van der Waals surface area contributed by atoms with Crippen molar-refractivity contribution in [3.05, 3.63) is 28.8 Å². The lowest BCUT2D eigenvalue weighted by molar-refractivity contribution is 0.102. The van der Waals surface area contributed by atoms with Crippen LogP contribution in [-0.2, 0) is 0 Å². The Hall–Kier alpha value is -1.35. The molecule has 80 valence electrons. The van der Waals surface area contributed by atoms with Crippen LogP contribution >= 0.6 is 11.6 Å². The summed E-state index contributed by atoms with van der Waals surface area (Å²) < 4.78 is 5.07. The summed E-state index contributed by atoms with van der Waals surface area (Å²) in [5.41, 5.74) is 1.57. The van der Waals surface area contributed by atoms with Gasteiger partial charge in [0.2, 0.25) is 0 Å². The molecule has 0 aliphatic carbocycles. The van der Waals surface area contributed by atoms with Crippen molar-refractivity contribution in [3.63, 3.8) is 0 Å². The van der Waals surface area contributed by atoms with Gasteiger partial charge < -0.3 is 4.74 Å². The zero-order valence-electron chi connectivity index (χ0n) is 8.54. The maximum atomic E-state index is 11.4. The van der Waals surface area contributed by atoms with Gasteiger partial charge in [0.05, 0.1) is 13.0 Å². The van der Waals surface area contributed by atoms with Gasteiger partial charge in [-0.3, -0.25) is 9.59 Å². The minimum atomic E-state index is -0.224. The smallest absolute Gasteiger partial charge is 0.177 e. The lowest BCUT2D eigenvalue weighted by Crippen LogP contribution is -2.03. The number of alkyl halides is 1. The molecule has 0 saturated carbocycles. The quantitative estimate of drug-likeness (QED) is 0.449. The Bertz CT molecular complexity index is 399. The molecule has 3 nitrogen and oxygen atoms in total. The maximum Gasteiger partial charge on any atom is 0.177 e. The summed E-state index contributed by atoms with van der Waals surface area (Å²) in [6.07, 6.45) is 0.697. The van der Waals surface area contributed by atoms with Gasteiger partial charge in [0.15, 0.2) is 5.78 Å². The molecule has 0 aromatic heterocycles. The van der Waals surface area contributed by atoms with Crippen molar-refractivity contribution in [2.75, 3.05) is 13.0 Å². The Labute approximate surface area is 93.0 Å². The molecule has 0 fully saturated rings. The lowest BCUT2D eigenvalue weighted by atomic mass is 10.0.